The minimum Gasteiger partial charge on any atom is -0.481 e. The van der Waals surface area contributed by atoms with Crippen LogP contribution in [0, 0.1) is 11.3 Å². The van der Waals surface area contributed by atoms with Crippen LogP contribution >= 0.6 is 0 Å². The summed E-state index contributed by atoms with van der Waals surface area (Å²) in [6, 6.07) is 10.2. The topological polar surface area (TPSA) is 45.9 Å². The predicted molar refractivity (Wildman–Crippen MR) is 70.5 cm³/mol. The van der Waals surface area contributed by atoms with Gasteiger partial charge in [-0.05, 0) is 23.8 Å². The summed E-state index contributed by atoms with van der Waals surface area (Å²) in [6.07, 6.45) is -4.40. The summed E-state index contributed by atoms with van der Waals surface area (Å²) in [5.74, 6) is 0.0689. The van der Waals surface area contributed by atoms with Crippen LogP contribution in [0.1, 0.15) is 11.3 Å². The number of ether oxygens (including phenoxy) is 1. The number of nitriles is 1. The maximum Gasteiger partial charge on any atom is 0.417 e. The zero-order chi connectivity index (χ0) is 15.5. The van der Waals surface area contributed by atoms with E-state index in [0.29, 0.717) is 5.69 Å². The summed E-state index contributed by atoms with van der Waals surface area (Å²) in [5, 5.41) is 8.64. The van der Waals surface area contributed by atoms with Crippen molar-refractivity contribution < 1.29 is 17.9 Å². The number of aromatic nitrogens is 1. The number of nitrogens with zero attached hydrogens (tertiary/aromatic N) is 2. The van der Waals surface area contributed by atoms with Crippen molar-refractivity contribution in [3.8, 4) is 23.1 Å². The third-order valence-electron chi connectivity index (χ3n) is 2.89. The first-order chi connectivity index (χ1) is 9.97. The van der Waals surface area contributed by atoms with Crippen LogP contribution in [0.2, 0.25) is 0 Å². The summed E-state index contributed by atoms with van der Waals surface area (Å²) in [5.41, 5.74) is -0.0642. The Labute approximate surface area is 119 Å². The fourth-order valence-electron chi connectivity index (χ4n) is 1.98. The van der Waals surface area contributed by atoms with Crippen molar-refractivity contribution in [2.45, 2.75) is 12.6 Å². The van der Waals surface area contributed by atoms with Gasteiger partial charge in [0.1, 0.15) is 0 Å². The van der Waals surface area contributed by atoms with Crippen molar-refractivity contribution in [1.82, 2.24) is 4.98 Å². The molecule has 3 nitrogen and oxygen atoms in total. The molecule has 0 aliphatic rings. The van der Waals surface area contributed by atoms with Gasteiger partial charge in [-0.1, -0.05) is 18.2 Å². The van der Waals surface area contributed by atoms with E-state index in [1.807, 2.05) is 6.07 Å². The Morgan fingerprint density at radius 3 is 2.48 bits per heavy atom. The second-order valence-electron chi connectivity index (χ2n) is 4.24. The first kappa shape index (κ1) is 14.9. The van der Waals surface area contributed by atoms with Gasteiger partial charge in [0.25, 0.3) is 0 Å². The largest absolute Gasteiger partial charge is 0.481 e. The number of rotatable bonds is 3. The third-order valence-corrected chi connectivity index (χ3v) is 2.89. The molecule has 0 saturated carbocycles. The van der Waals surface area contributed by atoms with Crippen LogP contribution in [-0.4, -0.2) is 12.1 Å². The lowest BCUT2D eigenvalue weighted by Crippen LogP contribution is -2.07. The molecule has 0 amide bonds. The van der Waals surface area contributed by atoms with Gasteiger partial charge in [-0.2, -0.15) is 18.4 Å². The van der Waals surface area contributed by atoms with Crippen molar-refractivity contribution in [2.75, 3.05) is 7.11 Å². The zero-order valence-electron chi connectivity index (χ0n) is 11.1. The highest BCUT2D eigenvalue weighted by Crippen LogP contribution is 2.39. The molecule has 0 atom stereocenters. The van der Waals surface area contributed by atoms with E-state index in [4.69, 9.17) is 10.00 Å². The van der Waals surface area contributed by atoms with Gasteiger partial charge < -0.3 is 4.74 Å². The molecule has 0 aliphatic carbocycles. The van der Waals surface area contributed by atoms with Crippen molar-refractivity contribution in [1.29, 1.82) is 5.26 Å². The van der Waals surface area contributed by atoms with Crippen LogP contribution < -0.4 is 4.74 Å². The standard InChI is InChI=1S/C15H11F3N2O/c1-21-14-12(7-6-10(20-14)8-9-19)11-4-2-3-5-13(11)15(16,17)18/h2-7H,8H2,1H3. The summed E-state index contributed by atoms with van der Waals surface area (Å²) < 4.78 is 44.3. The summed E-state index contributed by atoms with van der Waals surface area (Å²) >= 11 is 0. The highest BCUT2D eigenvalue weighted by molar-refractivity contribution is 5.72. The molecule has 108 valence electrons. The Hall–Kier alpha value is -2.55. The second-order valence-corrected chi connectivity index (χ2v) is 4.24. The summed E-state index contributed by atoms with van der Waals surface area (Å²) in [4.78, 5) is 4.07. The molecule has 2 rings (SSSR count). The van der Waals surface area contributed by atoms with Crippen LogP contribution in [0.3, 0.4) is 0 Å². The van der Waals surface area contributed by atoms with E-state index in [1.54, 1.807) is 0 Å². The maximum atomic E-state index is 13.1. The minimum absolute atomic E-state index is 0.00198. The van der Waals surface area contributed by atoms with Gasteiger partial charge in [0.05, 0.1) is 30.9 Å². The van der Waals surface area contributed by atoms with E-state index in [0.717, 1.165) is 6.07 Å². The van der Waals surface area contributed by atoms with Crippen molar-refractivity contribution in [3.63, 3.8) is 0 Å². The van der Waals surface area contributed by atoms with Crippen LogP contribution in [0.4, 0.5) is 13.2 Å². The third kappa shape index (κ3) is 3.14. The number of halogens is 3. The van der Waals surface area contributed by atoms with Gasteiger partial charge in [-0.3, -0.25) is 0 Å². The molecule has 2 aromatic rings. The van der Waals surface area contributed by atoms with Gasteiger partial charge in [0.15, 0.2) is 0 Å². The molecule has 0 unspecified atom stereocenters. The smallest absolute Gasteiger partial charge is 0.417 e. The van der Waals surface area contributed by atoms with E-state index in [1.165, 1.54) is 37.4 Å². The maximum absolute atomic E-state index is 13.1. The first-order valence-electron chi connectivity index (χ1n) is 6.05. The molecule has 1 aromatic heterocycles. The van der Waals surface area contributed by atoms with Crippen LogP contribution in [0.15, 0.2) is 36.4 Å². The van der Waals surface area contributed by atoms with Crippen LogP contribution in [0.5, 0.6) is 5.88 Å². The molecule has 0 aliphatic heterocycles. The van der Waals surface area contributed by atoms with Crippen molar-refractivity contribution in [2.24, 2.45) is 0 Å². The van der Waals surface area contributed by atoms with E-state index in [9.17, 15) is 13.2 Å². The van der Waals surface area contributed by atoms with Gasteiger partial charge in [0, 0.05) is 5.56 Å². The fourth-order valence-corrected chi connectivity index (χ4v) is 1.98. The van der Waals surface area contributed by atoms with E-state index in [-0.39, 0.29) is 23.4 Å². The quantitative estimate of drug-likeness (QED) is 0.863. The Morgan fingerprint density at radius 2 is 1.86 bits per heavy atom. The summed E-state index contributed by atoms with van der Waals surface area (Å²) in [7, 11) is 1.33. The van der Waals surface area contributed by atoms with Crippen LogP contribution in [0.25, 0.3) is 11.1 Å². The zero-order valence-corrected chi connectivity index (χ0v) is 11.1. The lowest BCUT2D eigenvalue weighted by Gasteiger charge is -2.15. The fraction of sp³-hybridized carbons (Fsp3) is 0.200. The second kappa shape index (κ2) is 5.83. The lowest BCUT2D eigenvalue weighted by atomic mass is 10.00. The molecule has 6 heteroatoms. The SMILES string of the molecule is COc1nc(CC#N)ccc1-c1ccccc1C(F)(F)F. The number of pyridine rings is 1. The van der Waals surface area contributed by atoms with E-state index < -0.39 is 11.7 Å². The lowest BCUT2D eigenvalue weighted by molar-refractivity contribution is -0.137. The van der Waals surface area contributed by atoms with E-state index in [2.05, 4.69) is 4.98 Å². The van der Waals surface area contributed by atoms with Gasteiger partial charge in [-0.25, -0.2) is 4.98 Å². The first-order valence-corrected chi connectivity index (χ1v) is 6.05. The number of methoxy groups -OCH3 is 1. The number of hydrogen-bond donors (Lipinski definition) is 0. The molecule has 0 saturated heterocycles. The summed E-state index contributed by atoms with van der Waals surface area (Å²) in [6.45, 7) is 0. The highest BCUT2D eigenvalue weighted by atomic mass is 19.4. The number of hydrogen-bond acceptors (Lipinski definition) is 3. The van der Waals surface area contributed by atoms with Gasteiger partial charge in [0.2, 0.25) is 5.88 Å². The average Bonchev–Trinajstić information content (AvgIpc) is 2.46. The molecular weight excluding hydrogens is 281 g/mol. The molecule has 0 spiro atoms. The molecule has 0 N–H and O–H groups in total. The van der Waals surface area contributed by atoms with Crippen molar-refractivity contribution >= 4 is 0 Å². The molecular formula is C15H11F3N2O. The Kier molecular flexibility index (Phi) is 4.13. The minimum atomic E-state index is -4.47. The molecule has 1 aromatic carbocycles. The average molecular weight is 292 g/mol. The van der Waals surface area contributed by atoms with Crippen molar-refractivity contribution in [3.05, 3.63) is 47.7 Å². The Bertz CT molecular complexity index is 690. The Balaban J connectivity index is 2.60. The van der Waals surface area contributed by atoms with Crippen LogP contribution in [-0.2, 0) is 12.6 Å². The molecule has 1 heterocycles. The van der Waals surface area contributed by atoms with Gasteiger partial charge >= 0.3 is 6.18 Å². The van der Waals surface area contributed by atoms with Gasteiger partial charge in [-0.15, -0.1) is 0 Å². The molecule has 21 heavy (non-hydrogen) atoms. The Morgan fingerprint density at radius 1 is 1.14 bits per heavy atom. The molecule has 0 fully saturated rings. The number of benzene rings is 1. The van der Waals surface area contributed by atoms with E-state index >= 15 is 0 Å². The molecule has 0 radical (unpaired) electrons. The molecule has 0 bridgehead atoms. The normalized spacial score (nSPS) is 11.0. The predicted octanol–water partition coefficient (Wildman–Crippen LogP) is 3.84. The monoisotopic (exact) mass is 292 g/mol. The number of alkyl halides is 3. The highest BCUT2D eigenvalue weighted by Gasteiger charge is 2.34.